The number of carbonyl (C=O) groups is 2. The van der Waals surface area contributed by atoms with Gasteiger partial charge in [0.25, 0.3) is 0 Å². The number of ether oxygens (including phenoxy) is 6. The molecule has 6 fully saturated rings. The van der Waals surface area contributed by atoms with Crippen LogP contribution in [0.4, 0.5) is 26.3 Å². The zero-order valence-electron chi connectivity index (χ0n) is 28.8. The van der Waals surface area contributed by atoms with E-state index >= 15 is 0 Å². The molecule has 4 saturated heterocycles. The number of carbonyl (C=O) groups excluding carboxylic acids is 2. The van der Waals surface area contributed by atoms with Gasteiger partial charge in [0.05, 0.1) is 6.10 Å². The van der Waals surface area contributed by atoms with Crippen LogP contribution in [0.25, 0.3) is 0 Å². The van der Waals surface area contributed by atoms with Crippen LogP contribution in [0, 0.1) is 35.5 Å². The van der Waals surface area contributed by atoms with Crippen molar-refractivity contribution in [2.24, 2.45) is 35.5 Å². The van der Waals surface area contributed by atoms with Crippen LogP contribution in [0.3, 0.4) is 0 Å². The molecule has 6 heterocycles. The summed E-state index contributed by atoms with van der Waals surface area (Å²) in [5.74, 6) is -8.30. The average Bonchev–Trinajstić information content (AvgIpc) is 3.43. The van der Waals surface area contributed by atoms with Gasteiger partial charge in [0, 0.05) is 41.2 Å². The summed E-state index contributed by atoms with van der Waals surface area (Å²) >= 11 is 0. The van der Waals surface area contributed by atoms with Gasteiger partial charge in [-0.15, -0.1) is 0 Å². The molecular weight excluding hydrogens is 714 g/mol. The van der Waals surface area contributed by atoms with Crippen LogP contribution in [0.15, 0.2) is 22.7 Å². The molecule has 0 aromatic heterocycles. The number of rotatable bonds is 7. The summed E-state index contributed by atoms with van der Waals surface area (Å²) < 4.78 is 119. The SMILES string of the molecule is C[C@@H]1CC[C@H]2C(COC(=O)CC(=O)OCC3=C(C(F)(F)F)O[C@@H]4O[C@H]5CCC6[C@H](C)CC[C@@H]3[C@]64OO5)=C(C(F)(F)F)O[C@@H]3O[C@@H](C)CCC1C32OO. The fraction of sp³-hybridized carbons (Fsp3) is 0.824. The fourth-order valence-electron chi connectivity index (χ4n) is 9.97. The number of alkyl halides is 6. The molecular formula is C34H42F6O12. The van der Waals surface area contributed by atoms with Crippen molar-refractivity contribution >= 4 is 11.9 Å². The summed E-state index contributed by atoms with van der Waals surface area (Å²) in [5.41, 5.74) is -4.06. The van der Waals surface area contributed by atoms with Crippen LogP contribution in [0.5, 0.6) is 0 Å². The van der Waals surface area contributed by atoms with E-state index in [0.717, 1.165) is 0 Å². The van der Waals surface area contributed by atoms with Gasteiger partial charge in [-0.3, -0.25) is 14.8 Å². The van der Waals surface area contributed by atoms with Crippen molar-refractivity contribution in [1.82, 2.24) is 0 Å². The largest absolute Gasteiger partial charge is 0.461 e. The second-order valence-corrected chi connectivity index (χ2v) is 15.2. The molecule has 0 aromatic carbocycles. The molecule has 8 aliphatic rings. The van der Waals surface area contributed by atoms with E-state index in [2.05, 4.69) is 0 Å². The first-order valence-electron chi connectivity index (χ1n) is 17.7. The lowest BCUT2D eigenvalue weighted by Gasteiger charge is -2.56. The van der Waals surface area contributed by atoms with Crippen molar-refractivity contribution in [2.45, 2.75) is 127 Å². The van der Waals surface area contributed by atoms with Crippen LogP contribution in [0.1, 0.15) is 78.6 Å². The van der Waals surface area contributed by atoms with E-state index < -0.39 is 121 Å². The Hall–Kier alpha value is -2.64. The maximum Gasteiger partial charge on any atom is 0.449 e. The van der Waals surface area contributed by atoms with Crippen LogP contribution in [-0.2, 0) is 52.7 Å². The zero-order chi connectivity index (χ0) is 37.4. The van der Waals surface area contributed by atoms with E-state index in [1.165, 1.54) is 0 Å². The molecule has 2 bridgehead atoms. The fourth-order valence-corrected chi connectivity index (χ4v) is 9.97. The highest BCUT2D eigenvalue weighted by Crippen LogP contribution is 2.60. The molecule has 0 aromatic rings. The molecule has 0 radical (unpaired) electrons. The lowest BCUT2D eigenvalue weighted by molar-refractivity contribution is -0.528. The topological polar surface area (TPSA) is 137 Å². The van der Waals surface area contributed by atoms with Crippen LogP contribution in [0.2, 0.25) is 0 Å². The molecule has 292 valence electrons. The van der Waals surface area contributed by atoms with E-state index in [-0.39, 0.29) is 30.6 Å². The number of allylic oxidation sites excluding steroid dienone is 2. The van der Waals surface area contributed by atoms with Crippen molar-refractivity contribution in [2.75, 3.05) is 13.2 Å². The lowest BCUT2D eigenvalue weighted by atomic mass is 9.59. The smallest absolute Gasteiger partial charge is 0.449 e. The van der Waals surface area contributed by atoms with E-state index in [1.807, 2.05) is 13.8 Å². The third-order valence-corrected chi connectivity index (χ3v) is 12.3. The number of fused-ring (bicyclic) bond motifs is 2. The van der Waals surface area contributed by atoms with Crippen molar-refractivity contribution in [3.05, 3.63) is 22.7 Å². The zero-order valence-corrected chi connectivity index (χ0v) is 28.8. The summed E-state index contributed by atoms with van der Waals surface area (Å²) in [7, 11) is 0. The summed E-state index contributed by atoms with van der Waals surface area (Å²) in [4.78, 5) is 42.0. The number of halogens is 6. The Bertz CT molecular complexity index is 1480. The Kier molecular flexibility index (Phi) is 9.84. The lowest BCUT2D eigenvalue weighted by Crippen LogP contribution is -2.66. The molecule has 12 nitrogen and oxygen atoms in total. The van der Waals surface area contributed by atoms with Gasteiger partial charge in [-0.25, -0.2) is 14.7 Å². The van der Waals surface area contributed by atoms with E-state index in [9.17, 15) is 41.2 Å². The summed E-state index contributed by atoms with van der Waals surface area (Å²) in [6.07, 6.45) is -12.4. The highest BCUT2D eigenvalue weighted by atomic mass is 19.4. The quantitative estimate of drug-likeness (QED) is 0.101. The van der Waals surface area contributed by atoms with E-state index in [0.29, 0.717) is 38.5 Å². The summed E-state index contributed by atoms with van der Waals surface area (Å²) in [6.45, 7) is 3.66. The molecule has 3 unspecified atom stereocenters. The molecule has 6 aliphatic heterocycles. The second kappa shape index (κ2) is 13.6. The van der Waals surface area contributed by atoms with Gasteiger partial charge in [-0.1, -0.05) is 13.8 Å². The highest BCUT2D eigenvalue weighted by Gasteiger charge is 2.69. The number of hydrogen-bond donors (Lipinski definition) is 1. The molecule has 2 aliphatic carbocycles. The van der Waals surface area contributed by atoms with Crippen LogP contribution in [-0.4, -0.2) is 78.9 Å². The number of esters is 2. The Morgan fingerprint density at radius 1 is 0.731 bits per heavy atom. The van der Waals surface area contributed by atoms with E-state index in [4.69, 9.17) is 43.1 Å². The molecule has 52 heavy (non-hydrogen) atoms. The summed E-state index contributed by atoms with van der Waals surface area (Å²) in [5, 5.41) is 10.3. The molecule has 2 saturated carbocycles. The minimum absolute atomic E-state index is 0.0335. The second-order valence-electron chi connectivity index (χ2n) is 15.2. The molecule has 18 heteroatoms. The standard InChI is InChI=1S/C34H42F6O12/c1-15-4-7-22-18(27(33(35,36)37)48-29-31(22,51-43)20(15)9-6-17(3)46-29)13-44-24(41)12-25(42)45-14-19-23-8-5-16(2)21-10-11-26-47-30(32(21,23)52-50-26)49-28(19)34(38,39)40/h15-17,20-23,26,29-30,43H,4-14H2,1-3H3/t15-,16-,17+,20?,21?,22+,23+,26-,29+,30+,31?,32-/m1/s1. The summed E-state index contributed by atoms with van der Waals surface area (Å²) in [6, 6.07) is 0. The number of hydrogen-bond acceptors (Lipinski definition) is 12. The molecule has 8 rings (SSSR count). The predicted octanol–water partition coefficient (Wildman–Crippen LogP) is 6.40. The van der Waals surface area contributed by atoms with Crippen LogP contribution >= 0.6 is 0 Å². The Morgan fingerprint density at radius 3 is 1.90 bits per heavy atom. The van der Waals surface area contributed by atoms with Crippen molar-refractivity contribution in [3.8, 4) is 0 Å². The van der Waals surface area contributed by atoms with Gasteiger partial charge >= 0.3 is 24.3 Å². The monoisotopic (exact) mass is 756 g/mol. The van der Waals surface area contributed by atoms with Crippen molar-refractivity contribution in [3.63, 3.8) is 0 Å². The van der Waals surface area contributed by atoms with Gasteiger partial charge in [-0.05, 0) is 63.7 Å². The third-order valence-electron chi connectivity index (χ3n) is 12.3. The minimum atomic E-state index is -5.05. The minimum Gasteiger partial charge on any atom is -0.461 e. The molecule has 0 amide bonds. The van der Waals surface area contributed by atoms with Gasteiger partial charge in [0.2, 0.25) is 24.1 Å². The first-order chi connectivity index (χ1) is 24.5. The molecule has 12 atom stereocenters. The van der Waals surface area contributed by atoms with Crippen LogP contribution < -0.4 is 0 Å². The first kappa shape index (κ1) is 37.7. The molecule has 1 N–H and O–H groups in total. The van der Waals surface area contributed by atoms with Gasteiger partial charge in [-0.2, -0.15) is 26.3 Å². The van der Waals surface area contributed by atoms with Gasteiger partial charge < -0.3 is 28.4 Å². The maximum absolute atomic E-state index is 14.4. The maximum atomic E-state index is 14.4. The predicted molar refractivity (Wildman–Crippen MR) is 158 cm³/mol. The van der Waals surface area contributed by atoms with E-state index in [1.54, 1.807) is 6.92 Å². The van der Waals surface area contributed by atoms with Crippen molar-refractivity contribution in [1.29, 1.82) is 0 Å². The normalized spacial score (nSPS) is 41.5. The average molecular weight is 757 g/mol. The first-order valence-corrected chi connectivity index (χ1v) is 17.7. The molecule has 1 spiro atoms. The van der Waals surface area contributed by atoms with Gasteiger partial charge in [0.1, 0.15) is 19.6 Å². The van der Waals surface area contributed by atoms with Gasteiger partial charge in [0.15, 0.2) is 17.5 Å². The highest BCUT2D eigenvalue weighted by molar-refractivity contribution is 5.91. The Balaban J connectivity index is 1.07. The third kappa shape index (κ3) is 6.18. The Morgan fingerprint density at radius 2 is 1.29 bits per heavy atom. The van der Waals surface area contributed by atoms with Crippen molar-refractivity contribution < 1.29 is 84.3 Å². The Labute approximate surface area is 294 Å².